The Morgan fingerprint density at radius 3 is 2.53 bits per heavy atom. The first-order chi connectivity index (χ1) is 9.15. The van der Waals surface area contributed by atoms with E-state index in [9.17, 15) is 0 Å². The Morgan fingerprint density at radius 1 is 1.21 bits per heavy atom. The molecule has 0 bridgehead atoms. The van der Waals surface area contributed by atoms with Crippen LogP contribution in [0.3, 0.4) is 0 Å². The second-order valence-corrected chi connectivity index (χ2v) is 5.77. The van der Waals surface area contributed by atoms with Crippen molar-refractivity contribution in [2.45, 2.75) is 6.54 Å². The molecule has 5 heteroatoms. The maximum absolute atomic E-state index is 5.27. The lowest BCUT2D eigenvalue weighted by atomic mass is 10.2. The number of thiophene rings is 1. The molecule has 0 amide bonds. The molecule has 100 valence electrons. The molecule has 0 spiro atoms. The second-order valence-electron chi connectivity index (χ2n) is 4.33. The molecule has 2 N–H and O–H groups in total. The van der Waals surface area contributed by atoms with Gasteiger partial charge in [-0.15, -0.1) is 11.3 Å². The minimum atomic E-state index is 0.644. The summed E-state index contributed by atoms with van der Waals surface area (Å²) in [7, 11) is 4.05. The fraction of sp³-hybridized carbons (Fsp3) is 0.214. The predicted octanol–water partition coefficient (Wildman–Crippen LogP) is 3.30. The van der Waals surface area contributed by atoms with E-state index >= 15 is 0 Å². The third kappa shape index (κ3) is 4.22. The normalized spacial score (nSPS) is 10.0. The summed E-state index contributed by atoms with van der Waals surface area (Å²) in [5.74, 6) is 0. The topological polar surface area (TPSA) is 27.3 Å². The SMILES string of the molecule is CN(C)c1ccc(NC(=S)NCc2cccs2)cc1. The summed E-state index contributed by atoms with van der Waals surface area (Å²) in [6.45, 7) is 0.763. The van der Waals surface area contributed by atoms with Gasteiger partial charge in [-0.05, 0) is 47.9 Å². The van der Waals surface area contributed by atoms with Crippen LogP contribution in [0, 0.1) is 0 Å². The maximum atomic E-state index is 5.27. The van der Waals surface area contributed by atoms with E-state index < -0.39 is 0 Å². The first-order valence-electron chi connectivity index (χ1n) is 6.00. The highest BCUT2D eigenvalue weighted by molar-refractivity contribution is 7.80. The Morgan fingerprint density at radius 2 is 1.95 bits per heavy atom. The molecule has 2 aromatic rings. The van der Waals surface area contributed by atoms with Gasteiger partial charge in [0.1, 0.15) is 0 Å². The molecule has 0 saturated heterocycles. The fourth-order valence-electron chi connectivity index (χ4n) is 1.60. The van der Waals surface area contributed by atoms with Crippen molar-refractivity contribution in [3.63, 3.8) is 0 Å². The molecule has 0 fully saturated rings. The summed E-state index contributed by atoms with van der Waals surface area (Å²) in [5, 5.41) is 9.08. The van der Waals surface area contributed by atoms with Crippen LogP contribution in [0.15, 0.2) is 41.8 Å². The Balaban J connectivity index is 1.84. The van der Waals surface area contributed by atoms with Gasteiger partial charge in [0.25, 0.3) is 0 Å². The number of rotatable bonds is 4. The third-order valence-electron chi connectivity index (χ3n) is 2.64. The molecule has 0 saturated carbocycles. The van der Waals surface area contributed by atoms with Gasteiger partial charge < -0.3 is 15.5 Å². The lowest BCUT2D eigenvalue weighted by molar-refractivity contribution is 0.946. The lowest BCUT2D eigenvalue weighted by Crippen LogP contribution is -2.27. The molecule has 1 aromatic heterocycles. The zero-order chi connectivity index (χ0) is 13.7. The largest absolute Gasteiger partial charge is 0.378 e. The molecule has 0 unspecified atom stereocenters. The Labute approximate surface area is 123 Å². The Hall–Kier alpha value is -1.59. The van der Waals surface area contributed by atoms with Crippen LogP contribution in [0.4, 0.5) is 11.4 Å². The van der Waals surface area contributed by atoms with Crippen molar-refractivity contribution >= 4 is 40.0 Å². The summed E-state index contributed by atoms with van der Waals surface area (Å²) in [6, 6.07) is 12.3. The quantitative estimate of drug-likeness (QED) is 0.845. The van der Waals surface area contributed by atoms with E-state index in [0.717, 1.165) is 12.2 Å². The van der Waals surface area contributed by atoms with Crippen molar-refractivity contribution in [1.29, 1.82) is 0 Å². The molecule has 2 rings (SSSR count). The minimum Gasteiger partial charge on any atom is -0.378 e. The van der Waals surface area contributed by atoms with Gasteiger partial charge in [0, 0.05) is 30.3 Å². The van der Waals surface area contributed by atoms with Gasteiger partial charge in [-0.3, -0.25) is 0 Å². The van der Waals surface area contributed by atoms with Crippen molar-refractivity contribution in [2.24, 2.45) is 0 Å². The maximum Gasteiger partial charge on any atom is 0.171 e. The lowest BCUT2D eigenvalue weighted by Gasteiger charge is -2.14. The van der Waals surface area contributed by atoms with Crippen LogP contribution in [0.25, 0.3) is 0 Å². The molecule has 0 aliphatic heterocycles. The summed E-state index contributed by atoms with van der Waals surface area (Å²) in [4.78, 5) is 3.34. The van der Waals surface area contributed by atoms with Gasteiger partial charge in [-0.2, -0.15) is 0 Å². The number of benzene rings is 1. The van der Waals surface area contributed by atoms with Crippen molar-refractivity contribution in [2.75, 3.05) is 24.3 Å². The smallest absolute Gasteiger partial charge is 0.171 e. The van der Waals surface area contributed by atoms with Gasteiger partial charge in [0.15, 0.2) is 5.11 Å². The van der Waals surface area contributed by atoms with Crippen LogP contribution >= 0.6 is 23.6 Å². The average molecular weight is 291 g/mol. The second kappa shape index (κ2) is 6.54. The molecule has 0 aliphatic rings. The number of nitrogens with zero attached hydrogens (tertiary/aromatic N) is 1. The molecule has 0 aliphatic carbocycles. The number of hydrogen-bond acceptors (Lipinski definition) is 3. The van der Waals surface area contributed by atoms with Crippen molar-refractivity contribution in [3.05, 3.63) is 46.7 Å². The number of nitrogens with one attached hydrogen (secondary N) is 2. The van der Waals surface area contributed by atoms with Gasteiger partial charge in [-0.25, -0.2) is 0 Å². The van der Waals surface area contributed by atoms with Crippen LogP contribution in [0.2, 0.25) is 0 Å². The molecular weight excluding hydrogens is 274 g/mol. The van der Waals surface area contributed by atoms with E-state index in [0.29, 0.717) is 5.11 Å². The van der Waals surface area contributed by atoms with E-state index in [2.05, 4.69) is 39.1 Å². The van der Waals surface area contributed by atoms with Crippen molar-refractivity contribution in [3.8, 4) is 0 Å². The first-order valence-corrected chi connectivity index (χ1v) is 7.28. The minimum absolute atomic E-state index is 0.644. The van der Waals surface area contributed by atoms with Gasteiger partial charge in [0.05, 0.1) is 6.54 Å². The summed E-state index contributed by atoms with van der Waals surface area (Å²) >= 11 is 6.99. The zero-order valence-electron chi connectivity index (χ0n) is 11.0. The summed E-state index contributed by atoms with van der Waals surface area (Å²) in [5.41, 5.74) is 2.16. The van der Waals surface area contributed by atoms with Crippen LogP contribution in [0.1, 0.15) is 4.88 Å². The first kappa shape index (κ1) is 13.8. The van der Waals surface area contributed by atoms with Crippen LogP contribution in [-0.2, 0) is 6.54 Å². The van der Waals surface area contributed by atoms with Gasteiger partial charge in [-0.1, -0.05) is 6.07 Å². The van der Waals surface area contributed by atoms with Crippen LogP contribution in [0.5, 0.6) is 0 Å². The fourth-order valence-corrected chi connectivity index (χ4v) is 2.43. The molecule has 3 nitrogen and oxygen atoms in total. The number of thiocarbonyl (C=S) groups is 1. The molecule has 0 atom stereocenters. The monoisotopic (exact) mass is 291 g/mol. The van der Waals surface area contributed by atoms with E-state index in [4.69, 9.17) is 12.2 Å². The highest BCUT2D eigenvalue weighted by Crippen LogP contribution is 2.15. The highest BCUT2D eigenvalue weighted by Gasteiger charge is 2.00. The standard InChI is InChI=1S/C14H17N3S2/c1-17(2)12-7-5-11(6-8-12)16-14(18)15-10-13-4-3-9-19-13/h3-9H,10H2,1-2H3,(H2,15,16,18). The average Bonchev–Trinajstić information content (AvgIpc) is 2.90. The zero-order valence-corrected chi connectivity index (χ0v) is 12.6. The Kier molecular flexibility index (Phi) is 4.76. The van der Waals surface area contributed by atoms with E-state index in [-0.39, 0.29) is 0 Å². The number of anilines is 2. The highest BCUT2D eigenvalue weighted by atomic mass is 32.1. The van der Waals surface area contributed by atoms with Crippen molar-refractivity contribution < 1.29 is 0 Å². The summed E-state index contributed by atoms with van der Waals surface area (Å²) in [6.07, 6.45) is 0. The van der Waals surface area contributed by atoms with E-state index in [1.54, 1.807) is 11.3 Å². The van der Waals surface area contributed by atoms with Gasteiger partial charge >= 0.3 is 0 Å². The predicted molar refractivity (Wildman–Crippen MR) is 88.1 cm³/mol. The van der Waals surface area contributed by atoms with Crippen molar-refractivity contribution in [1.82, 2.24) is 5.32 Å². The molecule has 1 heterocycles. The molecule has 19 heavy (non-hydrogen) atoms. The van der Waals surface area contributed by atoms with Crippen LogP contribution in [-0.4, -0.2) is 19.2 Å². The summed E-state index contributed by atoms with van der Waals surface area (Å²) < 4.78 is 0. The number of hydrogen-bond donors (Lipinski definition) is 2. The third-order valence-corrected chi connectivity index (χ3v) is 3.77. The van der Waals surface area contributed by atoms with E-state index in [1.165, 1.54) is 10.6 Å². The van der Waals surface area contributed by atoms with E-state index in [1.807, 2.05) is 32.3 Å². The van der Waals surface area contributed by atoms with Gasteiger partial charge in [0.2, 0.25) is 0 Å². The Bertz CT molecular complexity index is 518. The molecular formula is C14H17N3S2. The van der Waals surface area contributed by atoms with Crippen LogP contribution < -0.4 is 15.5 Å². The molecule has 1 aromatic carbocycles. The molecule has 0 radical (unpaired) electrons.